The molecule has 4 aliphatic rings. The van der Waals surface area contributed by atoms with Crippen molar-refractivity contribution in [3.05, 3.63) is 53.6 Å². The quantitative estimate of drug-likeness (QED) is 0.364. The summed E-state index contributed by atoms with van der Waals surface area (Å²) in [7, 11) is 0. The van der Waals surface area contributed by atoms with Gasteiger partial charge in [0.2, 0.25) is 5.91 Å². The van der Waals surface area contributed by atoms with Gasteiger partial charge in [0.1, 0.15) is 17.1 Å². The third kappa shape index (κ3) is 6.78. The van der Waals surface area contributed by atoms with Crippen LogP contribution in [-0.4, -0.2) is 88.7 Å². The molecule has 0 aromatic heterocycles. The van der Waals surface area contributed by atoms with Gasteiger partial charge in [-0.05, 0) is 97.6 Å². The summed E-state index contributed by atoms with van der Waals surface area (Å²) in [6.07, 6.45) is 1.69. The second-order valence-corrected chi connectivity index (χ2v) is 14.9. The van der Waals surface area contributed by atoms with Crippen molar-refractivity contribution in [1.29, 1.82) is 0 Å². The molecule has 1 saturated carbocycles. The SMILES string of the molecule is CC(=O)C1CC(C(=O)N(c2ccc3c(c2)N(CCCN2C(=O)c4ccccc4C2=O)C(=O)C(C)(C)O3)C2CC2)CN(C(=O)OC(C)(C)C)C1. The topological polar surface area (TPSA) is 134 Å². The van der Waals surface area contributed by atoms with Crippen LogP contribution in [0.1, 0.15) is 87.9 Å². The number of likely N-dealkylation sites (tertiary alicyclic amines) is 1. The lowest BCUT2D eigenvalue weighted by atomic mass is 9.86. The lowest BCUT2D eigenvalue weighted by molar-refractivity contribution is -0.132. The smallest absolute Gasteiger partial charge is 0.410 e. The number of piperidine rings is 1. The Bertz CT molecular complexity index is 1690. The molecule has 6 rings (SSSR count). The molecule has 0 spiro atoms. The molecule has 5 amide bonds. The summed E-state index contributed by atoms with van der Waals surface area (Å²) in [4.78, 5) is 85.6. The molecule has 2 fully saturated rings. The Balaban J connectivity index is 1.24. The molecule has 2 atom stereocenters. The lowest BCUT2D eigenvalue weighted by Crippen LogP contribution is -2.53. The fraction of sp³-hybridized carbons (Fsp3) is 0.514. The van der Waals surface area contributed by atoms with Crippen LogP contribution in [0.2, 0.25) is 0 Å². The predicted molar refractivity (Wildman–Crippen MR) is 181 cm³/mol. The van der Waals surface area contributed by atoms with E-state index in [1.165, 1.54) is 16.7 Å². The average molecular weight is 673 g/mol. The monoisotopic (exact) mass is 672 g/mol. The zero-order valence-corrected chi connectivity index (χ0v) is 29.0. The number of fused-ring (bicyclic) bond motifs is 2. The Morgan fingerprint density at radius 1 is 0.918 bits per heavy atom. The summed E-state index contributed by atoms with van der Waals surface area (Å²) >= 11 is 0. The summed E-state index contributed by atoms with van der Waals surface area (Å²) in [5, 5.41) is 0. The van der Waals surface area contributed by atoms with Crippen molar-refractivity contribution in [1.82, 2.24) is 9.80 Å². The van der Waals surface area contributed by atoms with Crippen molar-refractivity contribution in [2.24, 2.45) is 11.8 Å². The minimum Gasteiger partial charge on any atom is -0.476 e. The Hall–Kier alpha value is -4.74. The van der Waals surface area contributed by atoms with Crippen LogP contribution < -0.4 is 14.5 Å². The number of amides is 5. The number of rotatable bonds is 8. The molecule has 260 valence electrons. The number of ether oxygens (including phenoxy) is 2. The molecule has 0 N–H and O–H groups in total. The van der Waals surface area contributed by atoms with Crippen LogP contribution in [0.5, 0.6) is 5.75 Å². The van der Waals surface area contributed by atoms with E-state index in [2.05, 4.69) is 0 Å². The molecule has 49 heavy (non-hydrogen) atoms. The van der Waals surface area contributed by atoms with Crippen LogP contribution in [0.25, 0.3) is 0 Å². The zero-order valence-electron chi connectivity index (χ0n) is 29.0. The highest BCUT2D eigenvalue weighted by Crippen LogP contribution is 2.43. The number of imide groups is 1. The van der Waals surface area contributed by atoms with Crippen molar-refractivity contribution in [3.63, 3.8) is 0 Å². The number of carbonyl (C=O) groups is 6. The first-order valence-electron chi connectivity index (χ1n) is 17.0. The number of carbonyl (C=O) groups excluding carboxylic acids is 6. The van der Waals surface area contributed by atoms with Gasteiger partial charge < -0.3 is 24.2 Å². The Kier molecular flexibility index (Phi) is 8.79. The molecule has 12 heteroatoms. The third-order valence-electron chi connectivity index (χ3n) is 9.45. The van der Waals surface area contributed by atoms with Crippen LogP contribution in [0, 0.1) is 11.8 Å². The standard InChI is InChI=1S/C37H44N4O8/c1-22(42)23-18-24(21-38(20-23)35(47)49-36(2,3)4)31(43)41(25-12-13-25)26-14-15-30-29(19-26)39(34(46)37(5,6)48-30)16-9-17-40-32(44)27-10-7-8-11-28(27)33(40)45/h7-8,10-11,14-15,19,23-25H,9,12-13,16-18,20-21H2,1-6H3. The van der Waals surface area contributed by atoms with Gasteiger partial charge in [0.05, 0.1) is 22.7 Å². The van der Waals surface area contributed by atoms with Gasteiger partial charge in [0, 0.05) is 43.8 Å². The van der Waals surface area contributed by atoms with Gasteiger partial charge in [-0.15, -0.1) is 0 Å². The van der Waals surface area contributed by atoms with Crippen molar-refractivity contribution >= 4 is 46.9 Å². The number of hydrogen-bond donors (Lipinski definition) is 0. The Morgan fingerprint density at radius 2 is 1.53 bits per heavy atom. The third-order valence-corrected chi connectivity index (χ3v) is 9.45. The number of hydrogen-bond acceptors (Lipinski definition) is 8. The summed E-state index contributed by atoms with van der Waals surface area (Å²) < 4.78 is 11.7. The number of nitrogens with zero attached hydrogens (tertiary/aromatic N) is 4. The highest BCUT2D eigenvalue weighted by atomic mass is 16.6. The van der Waals surface area contributed by atoms with Gasteiger partial charge in [-0.1, -0.05) is 12.1 Å². The zero-order chi connectivity index (χ0) is 35.4. The average Bonchev–Trinajstić information content (AvgIpc) is 3.85. The van der Waals surface area contributed by atoms with Gasteiger partial charge in [-0.3, -0.25) is 28.9 Å². The molecule has 2 aromatic rings. The van der Waals surface area contributed by atoms with Crippen molar-refractivity contribution < 1.29 is 38.2 Å². The normalized spacial score (nSPS) is 21.6. The molecule has 0 radical (unpaired) electrons. The first-order chi connectivity index (χ1) is 23.1. The van der Waals surface area contributed by atoms with Crippen molar-refractivity contribution in [2.45, 2.75) is 84.5 Å². The van der Waals surface area contributed by atoms with Gasteiger partial charge in [-0.25, -0.2) is 4.79 Å². The van der Waals surface area contributed by atoms with E-state index < -0.39 is 29.1 Å². The first-order valence-corrected chi connectivity index (χ1v) is 17.0. The molecule has 2 unspecified atom stereocenters. The van der Waals surface area contributed by atoms with Crippen LogP contribution in [0.3, 0.4) is 0 Å². The van der Waals surface area contributed by atoms with Gasteiger partial charge >= 0.3 is 6.09 Å². The predicted octanol–water partition coefficient (Wildman–Crippen LogP) is 4.83. The summed E-state index contributed by atoms with van der Waals surface area (Å²) in [5.74, 6) is -1.91. The molecule has 12 nitrogen and oxygen atoms in total. The maximum Gasteiger partial charge on any atom is 0.410 e. The molecular weight excluding hydrogens is 628 g/mol. The highest BCUT2D eigenvalue weighted by Gasteiger charge is 2.45. The van der Waals surface area contributed by atoms with Gasteiger partial charge in [0.25, 0.3) is 17.7 Å². The fourth-order valence-electron chi connectivity index (χ4n) is 6.85. The first kappa shape index (κ1) is 34.1. The molecule has 3 heterocycles. The van der Waals surface area contributed by atoms with Crippen LogP contribution in [0.4, 0.5) is 16.2 Å². The van der Waals surface area contributed by atoms with E-state index in [1.54, 1.807) is 86.9 Å². The van der Waals surface area contributed by atoms with Crippen molar-refractivity contribution in [3.8, 4) is 5.75 Å². The lowest BCUT2D eigenvalue weighted by Gasteiger charge is -2.40. The van der Waals surface area contributed by atoms with Crippen LogP contribution in [-0.2, 0) is 19.1 Å². The summed E-state index contributed by atoms with van der Waals surface area (Å²) in [6.45, 7) is 10.8. The Labute approximate surface area is 286 Å². The minimum absolute atomic E-state index is 0.0582. The maximum atomic E-state index is 14.3. The second kappa shape index (κ2) is 12.6. The van der Waals surface area contributed by atoms with E-state index in [1.807, 2.05) is 0 Å². The van der Waals surface area contributed by atoms with E-state index in [0.717, 1.165) is 12.8 Å². The summed E-state index contributed by atoms with van der Waals surface area (Å²) in [5.41, 5.74) is -0.0709. The molecule has 1 saturated heterocycles. The summed E-state index contributed by atoms with van der Waals surface area (Å²) in [6, 6.07) is 12.0. The number of Topliss-reactive ketones (excluding diaryl/α,β-unsaturated/α-hetero) is 1. The molecule has 0 bridgehead atoms. The highest BCUT2D eigenvalue weighted by molar-refractivity contribution is 6.21. The number of ketones is 1. The van der Waals surface area contributed by atoms with E-state index >= 15 is 0 Å². The largest absolute Gasteiger partial charge is 0.476 e. The molecular formula is C37H44N4O8. The van der Waals surface area contributed by atoms with E-state index in [-0.39, 0.29) is 61.6 Å². The van der Waals surface area contributed by atoms with Crippen LogP contribution in [0.15, 0.2) is 42.5 Å². The van der Waals surface area contributed by atoms with Crippen LogP contribution >= 0.6 is 0 Å². The van der Waals surface area contributed by atoms with E-state index in [0.29, 0.717) is 41.1 Å². The second-order valence-electron chi connectivity index (χ2n) is 14.9. The molecule has 3 aliphatic heterocycles. The number of benzene rings is 2. The number of anilines is 2. The molecule has 1 aliphatic carbocycles. The van der Waals surface area contributed by atoms with Gasteiger partial charge in [0.15, 0.2) is 5.60 Å². The molecule has 2 aromatic carbocycles. The van der Waals surface area contributed by atoms with E-state index in [9.17, 15) is 28.8 Å². The van der Waals surface area contributed by atoms with E-state index in [4.69, 9.17) is 9.47 Å². The minimum atomic E-state index is -1.16. The van der Waals surface area contributed by atoms with Crippen molar-refractivity contribution in [2.75, 3.05) is 36.0 Å². The fourth-order valence-corrected chi connectivity index (χ4v) is 6.85. The van der Waals surface area contributed by atoms with Gasteiger partial charge in [-0.2, -0.15) is 0 Å². The Morgan fingerprint density at radius 3 is 2.12 bits per heavy atom. The maximum absolute atomic E-state index is 14.3.